The van der Waals surface area contributed by atoms with E-state index in [-0.39, 0.29) is 4.90 Å². The van der Waals surface area contributed by atoms with Gasteiger partial charge < -0.3 is 10.3 Å². The molecule has 2 N–H and O–H groups in total. The van der Waals surface area contributed by atoms with E-state index in [1.807, 2.05) is 18.5 Å². The van der Waals surface area contributed by atoms with Crippen molar-refractivity contribution >= 4 is 37.3 Å². The maximum absolute atomic E-state index is 11.6. The maximum atomic E-state index is 11.6. The van der Waals surface area contributed by atoms with Crippen molar-refractivity contribution in [3.8, 4) is 10.7 Å². The lowest BCUT2D eigenvalue weighted by Crippen LogP contribution is -1.96. The Bertz CT molecular complexity index is 954. The Morgan fingerprint density at radius 1 is 1.29 bits per heavy atom. The first-order chi connectivity index (χ1) is 9.77. The van der Waals surface area contributed by atoms with E-state index in [1.54, 1.807) is 18.2 Å². The van der Waals surface area contributed by atoms with Crippen LogP contribution in [0.1, 0.15) is 5.69 Å². The fraction of sp³-hybridized carbons (Fsp3) is 0.231. The van der Waals surface area contributed by atoms with Crippen LogP contribution in [0.4, 0.5) is 5.13 Å². The number of nitrogen functional groups attached to an aromatic ring is 1. The predicted molar refractivity (Wildman–Crippen MR) is 84.1 cm³/mol. The summed E-state index contributed by atoms with van der Waals surface area (Å²) in [6.07, 6.45) is 1.19. The van der Waals surface area contributed by atoms with Crippen molar-refractivity contribution in [2.75, 3.05) is 12.0 Å². The van der Waals surface area contributed by atoms with Crippen molar-refractivity contribution in [3.63, 3.8) is 0 Å². The maximum Gasteiger partial charge on any atom is 0.180 e. The number of hydrogen-bond donors (Lipinski definition) is 1. The molecule has 0 bridgehead atoms. The minimum atomic E-state index is -3.25. The number of aryl methyl sites for hydroxylation is 2. The number of benzene rings is 1. The molecule has 3 rings (SSSR count). The highest BCUT2D eigenvalue weighted by Crippen LogP contribution is 2.32. The third kappa shape index (κ3) is 2.30. The first-order valence-corrected chi connectivity index (χ1v) is 8.88. The van der Waals surface area contributed by atoms with Gasteiger partial charge in [0.25, 0.3) is 0 Å². The molecule has 0 saturated heterocycles. The lowest BCUT2D eigenvalue weighted by atomic mass is 10.3. The van der Waals surface area contributed by atoms with Gasteiger partial charge in [-0.1, -0.05) is 11.3 Å². The van der Waals surface area contributed by atoms with Crippen LogP contribution in [0.15, 0.2) is 23.1 Å². The second kappa shape index (κ2) is 4.54. The molecule has 0 aliphatic heterocycles. The highest BCUT2D eigenvalue weighted by atomic mass is 32.2. The van der Waals surface area contributed by atoms with Crippen molar-refractivity contribution in [1.82, 2.24) is 14.5 Å². The number of thiazole rings is 1. The summed E-state index contributed by atoms with van der Waals surface area (Å²) in [6.45, 7) is 1.88. The van der Waals surface area contributed by atoms with Crippen LogP contribution in [0.3, 0.4) is 0 Å². The number of rotatable bonds is 2. The van der Waals surface area contributed by atoms with Crippen molar-refractivity contribution in [2.24, 2.45) is 7.05 Å². The molecule has 2 aromatic heterocycles. The van der Waals surface area contributed by atoms with Gasteiger partial charge in [0.1, 0.15) is 0 Å². The number of sulfone groups is 1. The summed E-state index contributed by atoms with van der Waals surface area (Å²) in [6, 6.07) is 4.95. The highest BCUT2D eigenvalue weighted by Gasteiger charge is 2.17. The minimum absolute atomic E-state index is 0.264. The highest BCUT2D eigenvalue weighted by molar-refractivity contribution is 7.90. The predicted octanol–water partition coefficient (Wildman–Crippen LogP) is 1.99. The average molecular weight is 322 g/mol. The summed E-state index contributed by atoms with van der Waals surface area (Å²) < 4.78 is 25.2. The first kappa shape index (κ1) is 14.0. The van der Waals surface area contributed by atoms with Crippen LogP contribution in [-0.4, -0.2) is 29.2 Å². The standard InChI is InChI=1S/C13H14N4O2S2/c1-7-11(20-13(14)15-7)12-16-9-6-8(21(3,18)19)4-5-10(9)17(12)2/h4-6H,1-3H3,(H2,14,15). The summed E-state index contributed by atoms with van der Waals surface area (Å²) in [5, 5.41) is 0.492. The molecule has 3 aromatic rings. The van der Waals surface area contributed by atoms with Gasteiger partial charge in [0, 0.05) is 13.3 Å². The lowest BCUT2D eigenvalue weighted by Gasteiger charge is -2.00. The molecule has 0 saturated carbocycles. The Labute approximate surface area is 126 Å². The third-order valence-electron chi connectivity index (χ3n) is 3.30. The summed E-state index contributed by atoms with van der Waals surface area (Å²) in [7, 11) is -1.36. The molecule has 110 valence electrons. The van der Waals surface area contributed by atoms with Crippen molar-refractivity contribution in [1.29, 1.82) is 0 Å². The number of nitrogens with zero attached hydrogens (tertiary/aromatic N) is 3. The molecule has 0 spiro atoms. The van der Waals surface area contributed by atoms with Crippen LogP contribution < -0.4 is 5.73 Å². The molecular weight excluding hydrogens is 308 g/mol. The number of fused-ring (bicyclic) bond motifs is 1. The topological polar surface area (TPSA) is 90.9 Å². The fourth-order valence-electron chi connectivity index (χ4n) is 2.24. The smallest absolute Gasteiger partial charge is 0.180 e. The number of aromatic nitrogens is 3. The van der Waals surface area contributed by atoms with Gasteiger partial charge in [-0.05, 0) is 25.1 Å². The Balaban J connectivity index is 2.27. The van der Waals surface area contributed by atoms with Crippen LogP contribution in [0, 0.1) is 6.92 Å². The number of hydrogen-bond acceptors (Lipinski definition) is 6. The molecule has 0 fully saturated rings. The van der Waals surface area contributed by atoms with Gasteiger partial charge >= 0.3 is 0 Å². The zero-order valence-electron chi connectivity index (χ0n) is 11.8. The number of nitrogens with two attached hydrogens (primary N) is 1. The van der Waals surface area contributed by atoms with E-state index in [0.717, 1.165) is 21.9 Å². The van der Waals surface area contributed by atoms with E-state index in [0.29, 0.717) is 10.6 Å². The SMILES string of the molecule is Cc1nc(N)sc1-c1nc2cc(S(C)(=O)=O)ccc2n1C. The van der Waals surface area contributed by atoms with Gasteiger partial charge in [-0.2, -0.15) is 0 Å². The van der Waals surface area contributed by atoms with Gasteiger partial charge in [-0.25, -0.2) is 18.4 Å². The number of anilines is 1. The summed E-state index contributed by atoms with van der Waals surface area (Å²) in [4.78, 5) is 9.91. The molecule has 8 heteroatoms. The van der Waals surface area contributed by atoms with Crippen molar-refractivity contribution in [2.45, 2.75) is 11.8 Å². The van der Waals surface area contributed by atoms with E-state index >= 15 is 0 Å². The molecule has 0 aliphatic carbocycles. The Hall–Kier alpha value is -1.93. The second-order valence-electron chi connectivity index (χ2n) is 4.88. The first-order valence-electron chi connectivity index (χ1n) is 6.17. The van der Waals surface area contributed by atoms with Crippen LogP contribution in [0.5, 0.6) is 0 Å². The average Bonchev–Trinajstić information content (AvgIpc) is 2.88. The van der Waals surface area contributed by atoms with Gasteiger partial charge in [0.15, 0.2) is 20.8 Å². The van der Waals surface area contributed by atoms with Crippen molar-refractivity contribution < 1.29 is 8.42 Å². The molecule has 6 nitrogen and oxygen atoms in total. The minimum Gasteiger partial charge on any atom is -0.375 e. The van der Waals surface area contributed by atoms with E-state index < -0.39 is 9.84 Å². The quantitative estimate of drug-likeness (QED) is 0.779. The van der Waals surface area contributed by atoms with Crippen LogP contribution in [-0.2, 0) is 16.9 Å². The van der Waals surface area contributed by atoms with Crippen LogP contribution in [0.2, 0.25) is 0 Å². The summed E-state index contributed by atoms with van der Waals surface area (Å²) in [5.41, 5.74) is 8.06. The zero-order chi connectivity index (χ0) is 15.4. The van der Waals surface area contributed by atoms with Gasteiger partial charge in [-0.15, -0.1) is 0 Å². The third-order valence-corrected chi connectivity index (χ3v) is 5.39. The summed E-state index contributed by atoms with van der Waals surface area (Å²) >= 11 is 1.37. The Kier molecular flexibility index (Phi) is 3.03. The van der Waals surface area contributed by atoms with Crippen LogP contribution in [0.25, 0.3) is 21.7 Å². The fourth-order valence-corrected chi connectivity index (χ4v) is 3.74. The number of imidazole rings is 1. The molecule has 0 aliphatic rings. The van der Waals surface area contributed by atoms with Crippen LogP contribution >= 0.6 is 11.3 Å². The van der Waals surface area contributed by atoms with Crippen molar-refractivity contribution in [3.05, 3.63) is 23.9 Å². The van der Waals surface area contributed by atoms with Gasteiger partial charge in [-0.3, -0.25) is 0 Å². The molecule has 2 heterocycles. The molecule has 21 heavy (non-hydrogen) atoms. The largest absolute Gasteiger partial charge is 0.375 e. The molecule has 0 unspecified atom stereocenters. The van der Waals surface area contributed by atoms with Gasteiger partial charge in [0.2, 0.25) is 0 Å². The normalized spacial score (nSPS) is 12.1. The molecule has 0 atom stereocenters. The molecule has 1 aromatic carbocycles. The van der Waals surface area contributed by atoms with Gasteiger partial charge in [0.05, 0.1) is 26.5 Å². The monoisotopic (exact) mass is 322 g/mol. The molecule has 0 amide bonds. The van der Waals surface area contributed by atoms with E-state index in [1.165, 1.54) is 17.6 Å². The van der Waals surface area contributed by atoms with E-state index in [9.17, 15) is 8.42 Å². The molecular formula is C13H14N4O2S2. The van der Waals surface area contributed by atoms with E-state index in [2.05, 4.69) is 9.97 Å². The Morgan fingerprint density at radius 2 is 2.00 bits per heavy atom. The van der Waals surface area contributed by atoms with E-state index in [4.69, 9.17) is 5.73 Å². The second-order valence-corrected chi connectivity index (χ2v) is 7.93. The lowest BCUT2D eigenvalue weighted by molar-refractivity contribution is 0.602. The zero-order valence-corrected chi connectivity index (χ0v) is 13.4. The molecule has 0 radical (unpaired) electrons. The summed E-state index contributed by atoms with van der Waals surface area (Å²) in [5.74, 6) is 0.738. The Morgan fingerprint density at radius 3 is 2.57 bits per heavy atom.